The fraction of sp³-hybridized carbons (Fsp3) is 0.258. The van der Waals surface area contributed by atoms with E-state index in [4.69, 9.17) is 19.2 Å². The number of carbonyl (C=O) groups excluding carboxylic acids is 1. The molecule has 0 N–H and O–H groups in total. The number of ether oxygens (including phenoxy) is 3. The quantitative estimate of drug-likeness (QED) is 0.285. The molecule has 0 aliphatic carbocycles. The predicted molar refractivity (Wildman–Crippen MR) is 157 cm³/mol. The van der Waals surface area contributed by atoms with Gasteiger partial charge in [-0.1, -0.05) is 42.5 Å². The third-order valence-corrected chi connectivity index (χ3v) is 8.06. The van der Waals surface area contributed by atoms with E-state index in [1.54, 1.807) is 23.6 Å². The molecule has 0 spiro atoms. The molecule has 0 amide bonds. The molecule has 0 radical (unpaired) electrons. The number of fused-ring (bicyclic) bond motifs is 2. The SMILES string of the molecule is C=CCn1cc(/C=c2/sc3n(c2=O)C(c2cc(OC)c(OC)c(OC)c2)C(C(=O)CC)=C(C)N=3)c2ccccc21. The number of para-hydroxylation sites is 1. The van der Waals surface area contributed by atoms with E-state index in [1.165, 1.54) is 32.7 Å². The summed E-state index contributed by atoms with van der Waals surface area (Å²) in [6.07, 6.45) is 6.05. The van der Waals surface area contributed by atoms with Crippen molar-refractivity contribution < 1.29 is 19.0 Å². The van der Waals surface area contributed by atoms with Gasteiger partial charge in [0.25, 0.3) is 5.56 Å². The minimum absolute atomic E-state index is 0.0817. The molecule has 0 saturated heterocycles. The van der Waals surface area contributed by atoms with Crippen molar-refractivity contribution in [2.24, 2.45) is 4.99 Å². The van der Waals surface area contributed by atoms with E-state index in [-0.39, 0.29) is 17.8 Å². The topological polar surface area (TPSA) is 84.0 Å². The number of Topliss-reactive ketones (excluding diaryl/α,β-unsaturated/α-hetero) is 1. The Kier molecular flexibility index (Phi) is 7.49. The highest BCUT2D eigenvalue weighted by Gasteiger charge is 2.33. The van der Waals surface area contributed by atoms with Crippen LogP contribution in [0, 0.1) is 0 Å². The maximum Gasteiger partial charge on any atom is 0.271 e. The van der Waals surface area contributed by atoms with Crippen LogP contribution in [0.25, 0.3) is 17.0 Å². The maximum absolute atomic E-state index is 14.1. The summed E-state index contributed by atoms with van der Waals surface area (Å²) in [6, 6.07) is 10.9. The van der Waals surface area contributed by atoms with Gasteiger partial charge in [-0.05, 0) is 36.8 Å². The van der Waals surface area contributed by atoms with Crippen molar-refractivity contribution in [1.82, 2.24) is 9.13 Å². The molecule has 3 heterocycles. The fourth-order valence-corrected chi connectivity index (χ4v) is 6.30. The Morgan fingerprint density at radius 2 is 1.82 bits per heavy atom. The molecule has 40 heavy (non-hydrogen) atoms. The molecule has 1 aliphatic heterocycles. The van der Waals surface area contributed by atoms with Gasteiger partial charge in [-0.25, -0.2) is 4.99 Å². The molecule has 0 fully saturated rings. The number of allylic oxidation sites excluding steroid dienone is 3. The standard InChI is InChI=1S/C31H31N3O5S/c1-7-13-33-17-20(21-11-9-10-12-22(21)33)16-26-30(36)34-28(27(23(35)8-2)18(3)32-31(34)40-26)19-14-24(37-4)29(39-6)25(15-19)38-5/h7,9-12,14-17,28H,1,8,13H2,2-6H3/b26-16+. The number of hydrogen-bond acceptors (Lipinski definition) is 7. The van der Waals surface area contributed by atoms with Gasteiger partial charge < -0.3 is 18.8 Å². The minimum atomic E-state index is -0.707. The number of carbonyl (C=O) groups is 1. The van der Waals surface area contributed by atoms with E-state index in [0.717, 1.165) is 16.5 Å². The molecular formula is C31H31N3O5S. The first-order valence-corrected chi connectivity index (χ1v) is 13.7. The summed E-state index contributed by atoms with van der Waals surface area (Å²) in [5.41, 5.74) is 3.48. The molecule has 9 heteroatoms. The maximum atomic E-state index is 14.1. The van der Waals surface area contributed by atoms with Crippen molar-refractivity contribution in [1.29, 1.82) is 0 Å². The van der Waals surface area contributed by atoms with Gasteiger partial charge in [0.2, 0.25) is 5.75 Å². The number of methoxy groups -OCH3 is 3. The molecule has 1 atom stereocenters. The Morgan fingerprint density at radius 1 is 1.12 bits per heavy atom. The molecule has 2 aromatic heterocycles. The third-order valence-electron chi connectivity index (χ3n) is 7.08. The molecular weight excluding hydrogens is 526 g/mol. The zero-order valence-corrected chi connectivity index (χ0v) is 24.0. The van der Waals surface area contributed by atoms with E-state index in [2.05, 4.69) is 11.1 Å². The normalized spacial score (nSPS) is 15.1. The summed E-state index contributed by atoms with van der Waals surface area (Å²) in [6.45, 7) is 8.14. The van der Waals surface area contributed by atoms with Crippen molar-refractivity contribution in [2.75, 3.05) is 21.3 Å². The predicted octanol–water partition coefficient (Wildman–Crippen LogP) is 4.38. The lowest BCUT2D eigenvalue weighted by molar-refractivity contribution is -0.115. The first-order valence-electron chi connectivity index (χ1n) is 12.9. The van der Waals surface area contributed by atoms with Crippen LogP contribution in [-0.4, -0.2) is 36.2 Å². The summed E-state index contributed by atoms with van der Waals surface area (Å²) in [5.74, 6) is 1.22. The molecule has 0 saturated carbocycles. The summed E-state index contributed by atoms with van der Waals surface area (Å²) < 4.78 is 20.9. The lowest BCUT2D eigenvalue weighted by Gasteiger charge is -2.26. The highest BCUT2D eigenvalue weighted by Crippen LogP contribution is 2.42. The van der Waals surface area contributed by atoms with Gasteiger partial charge in [-0.15, -0.1) is 6.58 Å². The lowest BCUT2D eigenvalue weighted by atomic mass is 9.91. The minimum Gasteiger partial charge on any atom is -0.493 e. The van der Waals surface area contributed by atoms with E-state index in [1.807, 2.05) is 49.5 Å². The summed E-state index contributed by atoms with van der Waals surface area (Å²) >= 11 is 1.31. The van der Waals surface area contributed by atoms with Crippen LogP contribution in [0.1, 0.15) is 37.4 Å². The molecule has 206 valence electrons. The average molecular weight is 558 g/mol. The molecule has 5 rings (SSSR count). The summed E-state index contributed by atoms with van der Waals surface area (Å²) in [4.78, 5) is 32.6. The molecule has 1 unspecified atom stereocenters. The molecule has 1 aliphatic rings. The number of nitrogens with zero attached hydrogens (tertiary/aromatic N) is 3. The van der Waals surface area contributed by atoms with Gasteiger partial charge in [0, 0.05) is 46.9 Å². The number of aromatic nitrogens is 2. The molecule has 2 aromatic carbocycles. The lowest BCUT2D eigenvalue weighted by Crippen LogP contribution is -2.39. The van der Waals surface area contributed by atoms with Gasteiger partial charge in [0.05, 0.1) is 31.9 Å². The van der Waals surface area contributed by atoms with Crippen molar-refractivity contribution in [3.63, 3.8) is 0 Å². The first kappa shape index (κ1) is 27.2. The number of rotatable bonds is 9. The van der Waals surface area contributed by atoms with Gasteiger partial charge in [-0.2, -0.15) is 0 Å². The number of thiazole rings is 1. The fourth-order valence-electron chi connectivity index (χ4n) is 5.26. The number of benzene rings is 2. The summed E-state index contributed by atoms with van der Waals surface area (Å²) in [7, 11) is 4.61. The number of hydrogen-bond donors (Lipinski definition) is 0. The number of ketones is 1. The monoisotopic (exact) mass is 557 g/mol. The zero-order chi connectivity index (χ0) is 28.6. The van der Waals surface area contributed by atoms with Crippen LogP contribution in [0.3, 0.4) is 0 Å². The summed E-state index contributed by atoms with van der Waals surface area (Å²) in [5, 5.41) is 1.04. The van der Waals surface area contributed by atoms with Gasteiger partial charge >= 0.3 is 0 Å². The zero-order valence-electron chi connectivity index (χ0n) is 23.2. The van der Waals surface area contributed by atoms with Crippen molar-refractivity contribution >= 4 is 34.1 Å². The van der Waals surface area contributed by atoms with Crippen LogP contribution in [0.15, 0.2) is 76.3 Å². The van der Waals surface area contributed by atoms with E-state index >= 15 is 0 Å². The molecule has 8 nitrogen and oxygen atoms in total. The van der Waals surface area contributed by atoms with Crippen LogP contribution in [0.4, 0.5) is 0 Å². The smallest absolute Gasteiger partial charge is 0.271 e. The van der Waals surface area contributed by atoms with Gasteiger partial charge in [0.1, 0.15) is 0 Å². The first-order chi connectivity index (χ1) is 19.4. The largest absolute Gasteiger partial charge is 0.493 e. The van der Waals surface area contributed by atoms with Crippen LogP contribution in [0.2, 0.25) is 0 Å². The molecule has 0 bridgehead atoms. The van der Waals surface area contributed by atoms with Crippen molar-refractivity contribution in [3.8, 4) is 17.2 Å². The van der Waals surface area contributed by atoms with Crippen LogP contribution in [-0.2, 0) is 11.3 Å². The second-order valence-electron chi connectivity index (χ2n) is 9.36. The Balaban J connectivity index is 1.78. The average Bonchev–Trinajstić information content (AvgIpc) is 3.47. The van der Waals surface area contributed by atoms with Crippen LogP contribution < -0.4 is 29.1 Å². The van der Waals surface area contributed by atoms with E-state index < -0.39 is 6.04 Å². The highest BCUT2D eigenvalue weighted by molar-refractivity contribution is 7.07. The Hall–Kier alpha value is -4.37. The van der Waals surface area contributed by atoms with Crippen LogP contribution in [0.5, 0.6) is 17.2 Å². The highest BCUT2D eigenvalue weighted by atomic mass is 32.1. The Bertz CT molecular complexity index is 1830. The second-order valence-corrected chi connectivity index (χ2v) is 10.4. The molecule has 4 aromatic rings. The van der Waals surface area contributed by atoms with Crippen molar-refractivity contribution in [3.05, 3.63) is 97.3 Å². The Labute approximate surface area is 235 Å². The van der Waals surface area contributed by atoms with Gasteiger partial charge in [-0.3, -0.25) is 14.2 Å². The third kappa shape index (κ3) is 4.46. The van der Waals surface area contributed by atoms with E-state index in [9.17, 15) is 9.59 Å². The van der Waals surface area contributed by atoms with Crippen molar-refractivity contribution in [2.45, 2.75) is 32.9 Å². The van der Waals surface area contributed by atoms with Gasteiger partial charge in [0.15, 0.2) is 22.1 Å². The van der Waals surface area contributed by atoms with Crippen LogP contribution >= 0.6 is 11.3 Å². The Morgan fingerprint density at radius 3 is 2.45 bits per heavy atom. The second kappa shape index (κ2) is 11.0. The van der Waals surface area contributed by atoms with E-state index in [0.29, 0.717) is 50.0 Å².